The maximum Gasteiger partial charge on any atom is 0.136 e. The molecule has 0 saturated carbocycles. The molecule has 1 aliphatic carbocycles. The number of pyridine rings is 2. The summed E-state index contributed by atoms with van der Waals surface area (Å²) in [7, 11) is 0. The molecule has 0 aliphatic heterocycles. The average Bonchev–Trinajstić information content (AvgIpc) is 2.67. The van der Waals surface area contributed by atoms with Crippen LogP contribution in [0.5, 0.6) is 0 Å². The second kappa shape index (κ2) is 7.73. The van der Waals surface area contributed by atoms with Gasteiger partial charge in [-0.05, 0) is 55.2 Å². The fraction of sp³-hybridized carbons (Fsp3) is 0.182. The van der Waals surface area contributed by atoms with Gasteiger partial charge in [0.15, 0.2) is 0 Å². The van der Waals surface area contributed by atoms with Crippen LogP contribution in [-0.4, -0.2) is 9.97 Å². The fourth-order valence-corrected chi connectivity index (χ4v) is 3.94. The van der Waals surface area contributed by atoms with E-state index in [1.54, 1.807) is 0 Å². The van der Waals surface area contributed by atoms with Crippen LogP contribution in [0.15, 0.2) is 59.2 Å². The Kier molecular flexibility index (Phi) is 5.18. The number of benzene rings is 1. The number of aromatic nitrogens is 2. The van der Waals surface area contributed by atoms with Crippen molar-refractivity contribution in [2.75, 3.05) is 0 Å². The highest BCUT2D eigenvalue weighted by atomic mass is 79.9. The van der Waals surface area contributed by atoms with Gasteiger partial charge < -0.3 is 0 Å². The van der Waals surface area contributed by atoms with Crippen molar-refractivity contribution in [3.63, 3.8) is 0 Å². The molecular formula is C22H18BrClN2. The normalized spacial score (nSPS) is 17.2. The molecule has 1 atom stereocenters. The van der Waals surface area contributed by atoms with E-state index in [1.807, 2.05) is 30.5 Å². The third-order valence-corrected chi connectivity index (χ3v) is 5.47. The van der Waals surface area contributed by atoms with E-state index in [0.717, 1.165) is 38.6 Å². The third-order valence-electron chi connectivity index (χ3n) is 4.68. The molecule has 130 valence electrons. The van der Waals surface area contributed by atoms with Crippen molar-refractivity contribution >= 4 is 50.6 Å². The standard InChI is InChI=1S/C22H18BrClN2/c23-19-10-11-20-18(14-19)13-17(22(24)26-20)9-8-16-7-4-12-25-21(16)15-5-2-1-3-6-15/h2,4-5,7-15H,1,3,6H2. The van der Waals surface area contributed by atoms with Crippen molar-refractivity contribution in [3.05, 3.63) is 81.2 Å². The molecule has 4 heteroatoms. The molecule has 0 amide bonds. The zero-order valence-corrected chi connectivity index (χ0v) is 16.5. The van der Waals surface area contributed by atoms with E-state index in [-0.39, 0.29) is 0 Å². The van der Waals surface area contributed by atoms with Gasteiger partial charge in [0.25, 0.3) is 0 Å². The predicted octanol–water partition coefficient (Wildman–Crippen LogP) is 7.04. The number of fused-ring (bicyclic) bond motifs is 1. The van der Waals surface area contributed by atoms with Crippen LogP contribution in [0.25, 0.3) is 23.1 Å². The summed E-state index contributed by atoms with van der Waals surface area (Å²) in [4.78, 5) is 9.15. The largest absolute Gasteiger partial charge is 0.260 e. The van der Waals surface area contributed by atoms with Gasteiger partial charge in [-0.2, -0.15) is 0 Å². The molecular weight excluding hydrogens is 408 g/mol. The maximum atomic E-state index is 6.40. The van der Waals surface area contributed by atoms with Gasteiger partial charge in [-0.25, -0.2) is 4.98 Å². The molecule has 0 spiro atoms. The minimum atomic E-state index is 0.394. The van der Waals surface area contributed by atoms with Gasteiger partial charge >= 0.3 is 0 Å². The van der Waals surface area contributed by atoms with Crippen LogP contribution in [-0.2, 0) is 0 Å². The van der Waals surface area contributed by atoms with Gasteiger partial charge in [0, 0.05) is 27.5 Å². The minimum absolute atomic E-state index is 0.394. The lowest BCUT2D eigenvalue weighted by atomic mass is 9.90. The lowest BCUT2D eigenvalue weighted by Crippen LogP contribution is -2.03. The highest BCUT2D eigenvalue weighted by Crippen LogP contribution is 2.30. The van der Waals surface area contributed by atoms with Gasteiger partial charge in [-0.3, -0.25) is 4.98 Å². The Bertz CT molecular complexity index is 1010. The summed E-state index contributed by atoms with van der Waals surface area (Å²) in [5, 5.41) is 1.57. The molecule has 2 aromatic heterocycles. The smallest absolute Gasteiger partial charge is 0.136 e. The number of halogens is 2. The Balaban J connectivity index is 1.70. The summed E-state index contributed by atoms with van der Waals surface area (Å²) >= 11 is 9.91. The molecule has 26 heavy (non-hydrogen) atoms. The van der Waals surface area contributed by atoms with Crippen molar-refractivity contribution in [1.29, 1.82) is 0 Å². The van der Waals surface area contributed by atoms with Gasteiger partial charge in [0.05, 0.1) is 11.2 Å². The fourth-order valence-electron chi connectivity index (χ4n) is 3.36. The predicted molar refractivity (Wildman–Crippen MR) is 113 cm³/mol. The third kappa shape index (κ3) is 3.74. The first-order valence-corrected chi connectivity index (χ1v) is 9.93. The molecule has 0 N–H and O–H groups in total. The van der Waals surface area contributed by atoms with Crippen molar-refractivity contribution in [3.8, 4) is 0 Å². The first-order valence-electron chi connectivity index (χ1n) is 8.76. The van der Waals surface area contributed by atoms with Crippen molar-refractivity contribution in [2.45, 2.75) is 25.2 Å². The second-order valence-electron chi connectivity index (χ2n) is 6.48. The molecule has 2 heterocycles. The zero-order chi connectivity index (χ0) is 17.9. The molecule has 2 nitrogen and oxygen atoms in total. The van der Waals surface area contributed by atoms with E-state index in [1.165, 1.54) is 12.8 Å². The molecule has 0 saturated heterocycles. The highest BCUT2D eigenvalue weighted by molar-refractivity contribution is 9.10. The van der Waals surface area contributed by atoms with Crippen molar-refractivity contribution < 1.29 is 0 Å². The molecule has 1 unspecified atom stereocenters. The van der Waals surface area contributed by atoms with Crippen LogP contribution in [0.3, 0.4) is 0 Å². The van der Waals surface area contributed by atoms with Gasteiger partial charge in [0.2, 0.25) is 0 Å². The first kappa shape index (κ1) is 17.4. The summed E-state index contributed by atoms with van der Waals surface area (Å²) in [6.07, 6.45) is 14.1. The molecule has 1 aromatic carbocycles. The molecule has 3 aromatic rings. The summed E-state index contributed by atoms with van der Waals surface area (Å²) in [6, 6.07) is 12.2. The van der Waals surface area contributed by atoms with E-state index >= 15 is 0 Å². The molecule has 1 aliphatic rings. The summed E-state index contributed by atoms with van der Waals surface area (Å²) in [6.45, 7) is 0. The number of nitrogens with zero attached hydrogens (tertiary/aromatic N) is 2. The molecule has 0 fully saturated rings. The molecule has 0 radical (unpaired) electrons. The van der Waals surface area contributed by atoms with E-state index in [0.29, 0.717) is 11.1 Å². The number of rotatable bonds is 3. The Hall–Kier alpha value is -1.97. The maximum absolute atomic E-state index is 6.40. The minimum Gasteiger partial charge on any atom is -0.260 e. The summed E-state index contributed by atoms with van der Waals surface area (Å²) < 4.78 is 1.03. The lowest BCUT2D eigenvalue weighted by molar-refractivity contribution is 0.640. The first-order chi connectivity index (χ1) is 12.7. The monoisotopic (exact) mass is 424 g/mol. The Morgan fingerprint density at radius 3 is 2.85 bits per heavy atom. The molecule has 4 rings (SSSR count). The zero-order valence-electron chi connectivity index (χ0n) is 14.2. The topological polar surface area (TPSA) is 25.8 Å². The van der Waals surface area contributed by atoms with Crippen LogP contribution < -0.4 is 0 Å². The number of hydrogen-bond acceptors (Lipinski definition) is 2. The van der Waals surface area contributed by atoms with E-state index < -0.39 is 0 Å². The van der Waals surface area contributed by atoms with Gasteiger partial charge in [-0.15, -0.1) is 0 Å². The van der Waals surface area contributed by atoms with E-state index in [4.69, 9.17) is 11.6 Å². The Morgan fingerprint density at radius 1 is 1.12 bits per heavy atom. The molecule has 0 bridgehead atoms. The van der Waals surface area contributed by atoms with Crippen molar-refractivity contribution in [1.82, 2.24) is 9.97 Å². The number of hydrogen-bond donors (Lipinski definition) is 0. The van der Waals surface area contributed by atoms with Crippen LogP contribution in [0.4, 0.5) is 0 Å². The van der Waals surface area contributed by atoms with Crippen molar-refractivity contribution in [2.24, 2.45) is 0 Å². The number of allylic oxidation sites excluding steroid dienone is 2. The quantitative estimate of drug-likeness (QED) is 0.332. The summed E-state index contributed by atoms with van der Waals surface area (Å²) in [5.74, 6) is 0.394. The van der Waals surface area contributed by atoms with Gasteiger partial charge in [0.1, 0.15) is 5.15 Å². The van der Waals surface area contributed by atoms with E-state index in [2.05, 4.69) is 62.3 Å². The Morgan fingerprint density at radius 2 is 2.00 bits per heavy atom. The van der Waals surface area contributed by atoms with Crippen LogP contribution in [0.1, 0.15) is 42.0 Å². The summed E-state index contributed by atoms with van der Waals surface area (Å²) in [5.41, 5.74) is 4.07. The highest BCUT2D eigenvalue weighted by Gasteiger charge is 2.15. The SMILES string of the molecule is Clc1nc2ccc(Br)cc2cc1C=Cc1cccnc1C1C=CCCC1. The van der Waals surface area contributed by atoms with E-state index in [9.17, 15) is 0 Å². The Labute approximate surface area is 166 Å². The lowest BCUT2D eigenvalue weighted by Gasteiger charge is -2.17. The second-order valence-corrected chi connectivity index (χ2v) is 7.76. The van der Waals surface area contributed by atoms with Crippen LogP contribution in [0.2, 0.25) is 5.15 Å². The van der Waals surface area contributed by atoms with Crippen LogP contribution >= 0.6 is 27.5 Å². The average molecular weight is 426 g/mol. The van der Waals surface area contributed by atoms with Gasteiger partial charge in [-0.1, -0.05) is 57.9 Å². The van der Waals surface area contributed by atoms with Crippen LogP contribution in [0, 0.1) is 0 Å².